The number of ether oxygens (including phenoxy) is 2. The number of carbonyl (C=O) groups is 2. The molecule has 1 saturated heterocycles. The van der Waals surface area contributed by atoms with Crippen molar-refractivity contribution in [3.63, 3.8) is 0 Å². The van der Waals surface area contributed by atoms with Crippen molar-refractivity contribution in [3.05, 3.63) is 23.3 Å². The lowest BCUT2D eigenvalue weighted by atomic mass is 10.0. The van der Waals surface area contributed by atoms with Crippen molar-refractivity contribution in [2.24, 2.45) is 0 Å². The minimum absolute atomic E-state index is 0.0158. The zero-order chi connectivity index (χ0) is 18.5. The molecule has 2 atom stereocenters. The molecule has 1 fully saturated rings. The fourth-order valence-corrected chi connectivity index (χ4v) is 5.20. The molecule has 0 aliphatic carbocycles. The molecule has 136 valence electrons. The molecule has 6 nitrogen and oxygen atoms in total. The van der Waals surface area contributed by atoms with E-state index in [2.05, 4.69) is 5.32 Å². The summed E-state index contributed by atoms with van der Waals surface area (Å²) in [5.41, 5.74) is 1.37. The number of hydrogen-bond donors (Lipinski definition) is 1. The van der Waals surface area contributed by atoms with Gasteiger partial charge >= 0.3 is 0 Å². The van der Waals surface area contributed by atoms with Crippen LogP contribution in [0.25, 0.3) is 0 Å². The Hall–Kier alpha value is -1.89. The molecule has 2 aliphatic heterocycles. The Morgan fingerprint density at radius 2 is 1.96 bits per heavy atom. The first-order valence-electron chi connectivity index (χ1n) is 8.28. The van der Waals surface area contributed by atoms with Crippen LogP contribution in [0, 0.1) is 0 Å². The smallest absolute Gasteiger partial charge is 0.260 e. The van der Waals surface area contributed by atoms with Gasteiger partial charge in [-0.3, -0.25) is 9.59 Å². The molecule has 0 spiro atoms. The van der Waals surface area contributed by atoms with Crippen molar-refractivity contribution < 1.29 is 19.1 Å². The number of rotatable bonds is 4. The number of fused-ring (bicyclic) bond motifs is 3. The fraction of sp³-hybridized carbons (Fsp3) is 0.556. The van der Waals surface area contributed by atoms with Crippen LogP contribution in [0.15, 0.2) is 12.1 Å². The van der Waals surface area contributed by atoms with Crippen LogP contribution < -0.4 is 14.8 Å². The van der Waals surface area contributed by atoms with Gasteiger partial charge in [0.1, 0.15) is 11.4 Å². The SMILES string of the molecule is COc1ccc2c(c1OC)C(=O)N1[C@H]2SC(C)(C)[C@H]1C(=O)NC(C)C. The number of amides is 2. The molecule has 2 aliphatic rings. The molecule has 0 aromatic heterocycles. The molecule has 2 heterocycles. The molecule has 1 N–H and O–H groups in total. The third-order valence-corrected chi connectivity index (χ3v) is 6.11. The second-order valence-electron chi connectivity index (χ2n) is 7.12. The zero-order valence-corrected chi connectivity index (χ0v) is 16.2. The highest BCUT2D eigenvalue weighted by atomic mass is 32.2. The fourth-order valence-electron chi connectivity index (χ4n) is 3.62. The average molecular weight is 364 g/mol. The minimum atomic E-state index is -0.541. The van der Waals surface area contributed by atoms with Crippen LogP contribution >= 0.6 is 11.8 Å². The van der Waals surface area contributed by atoms with Crippen molar-refractivity contribution in [3.8, 4) is 11.5 Å². The van der Waals surface area contributed by atoms with Crippen molar-refractivity contribution in [2.75, 3.05) is 14.2 Å². The Morgan fingerprint density at radius 3 is 2.52 bits per heavy atom. The summed E-state index contributed by atoms with van der Waals surface area (Å²) in [5, 5.41) is 2.76. The van der Waals surface area contributed by atoms with E-state index in [4.69, 9.17) is 9.47 Å². The molecule has 0 unspecified atom stereocenters. The first kappa shape index (κ1) is 17.9. The van der Waals surface area contributed by atoms with Gasteiger partial charge in [-0.15, -0.1) is 11.8 Å². The van der Waals surface area contributed by atoms with Gasteiger partial charge in [0.05, 0.1) is 19.8 Å². The van der Waals surface area contributed by atoms with Gasteiger partial charge < -0.3 is 19.7 Å². The molecule has 25 heavy (non-hydrogen) atoms. The third-order valence-electron chi connectivity index (χ3n) is 4.58. The Morgan fingerprint density at radius 1 is 1.28 bits per heavy atom. The van der Waals surface area contributed by atoms with Crippen molar-refractivity contribution >= 4 is 23.6 Å². The maximum absolute atomic E-state index is 13.2. The normalized spacial score (nSPS) is 23.5. The van der Waals surface area contributed by atoms with E-state index in [0.717, 1.165) is 5.56 Å². The van der Waals surface area contributed by atoms with Gasteiger partial charge in [-0.25, -0.2) is 0 Å². The zero-order valence-electron chi connectivity index (χ0n) is 15.4. The second kappa shape index (κ2) is 6.12. The summed E-state index contributed by atoms with van der Waals surface area (Å²) in [7, 11) is 3.07. The lowest BCUT2D eigenvalue weighted by Crippen LogP contribution is -2.53. The van der Waals surface area contributed by atoms with E-state index in [1.807, 2.05) is 39.8 Å². The minimum Gasteiger partial charge on any atom is -0.493 e. The summed E-state index contributed by atoms with van der Waals surface area (Å²) in [5.74, 6) is 0.642. The highest BCUT2D eigenvalue weighted by Crippen LogP contribution is 2.58. The Kier molecular flexibility index (Phi) is 4.39. The van der Waals surface area contributed by atoms with Crippen molar-refractivity contribution in [1.29, 1.82) is 0 Å². The van der Waals surface area contributed by atoms with Gasteiger partial charge in [0.15, 0.2) is 11.5 Å². The molecule has 0 radical (unpaired) electrons. The number of nitrogens with zero attached hydrogens (tertiary/aromatic N) is 1. The average Bonchev–Trinajstić information content (AvgIpc) is 2.96. The van der Waals surface area contributed by atoms with E-state index in [1.165, 1.54) is 7.11 Å². The number of benzene rings is 1. The molecule has 1 aromatic carbocycles. The summed E-state index contributed by atoms with van der Waals surface area (Å²) in [4.78, 5) is 27.7. The molecule has 0 bridgehead atoms. The summed E-state index contributed by atoms with van der Waals surface area (Å²) in [6.07, 6.45) is 0. The third kappa shape index (κ3) is 2.65. The van der Waals surface area contributed by atoms with Crippen LogP contribution in [0.5, 0.6) is 11.5 Å². The first-order chi connectivity index (χ1) is 11.7. The molecule has 3 rings (SSSR count). The van der Waals surface area contributed by atoms with Gasteiger partial charge in [-0.05, 0) is 33.8 Å². The van der Waals surface area contributed by atoms with E-state index in [-0.39, 0.29) is 28.0 Å². The van der Waals surface area contributed by atoms with Gasteiger partial charge in [0, 0.05) is 16.4 Å². The van der Waals surface area contributed by atoms with E-state index in [0.29, 0.717) is 17.1 Å². The monoisotopic (exact) mass is 364 g/mol. The molecule has 2 amide bonds. The topological polar surface area (TPSA) is 67.9 Å². The lowest BCUT2D eigenvalue weighted by molar-refractivity contribution is -0.126. The highest BCUT2D eigenvalue weighted by molar-refractivity contribution is 8.01. The number of thioether (sulfide) groups is 1. The van der Waals surface area contributed by atoms with E-state index in [1.54, 1.807) is 23.8 Å². The number of hydrogen-bond acceptors (Lipinski definition) is 5. The number of nitrogens with one attached hydrogen (secondary N) is 1. The summed E-state index contributed by atoms with van der Waals surface area (Å²) < 4.78 is 10.4. The Bertz CT molecular complexity index is 732. The van der Waals surface area contributed by atoms with Crippen LogP contribution in [0.4, 0.5) is 0 Å². The van der Waals surface area contributed by atoms with E-state index in [9.17, 15) is 9.59 Å². The first-order valence-corrected chi connectivity index (χ1v) is 9.16. The van der Waals surface area contributed by atoms with E-state index >= 15 is 0 Å². The molecule has 7 heteroatoms. The van der Waals surface area contributed by atoms with Crippen LogP contribution in [-0.4, -0.2) is 47.8 Å². The predicted molar refractivity (Wildman–Crippen MR) is 97.2 cm³/mol. The van der Waals surface area contributed by atoms with Crippen LogP contribution in [0.3, 0.4) is 0 Å². The highest BCUT2D eigenvalue weighted by Gasteiger charge is 2.58. The van der Waals surface area contributed by atoms with Crippen LogP contribution in [-0.2, 0) is 4.79 Å². The van der Waals surface area contributed by atoms with Gasteiger partial charge in [0.2, 0.25) is 5.91 Å². The number of carbonyl (C=O) groups excluding carboxylic acids is 2. The largest absolute Gasteiger partial charge is 0.493 e. The van der Waals surface area contributed by atoms with E-state index < -0.39 is 6.04 Å². The lowest BCUT2D eigenvalue weighted by Gasteiger charge is -2.30. The Labute approximate surface area is 152 Å². The standard InChI is InChI=1S/C18H24N2O4S/c1-9(2)19-15(21)14-18(3,4)25-17-10-7-8-11(23-5)13(24-6)12(10)16(22)20(14)17/h7-9,14,17H,1-6H3,(H,19,21)/t14-,17+/m1/s1. The maximum atomic E-state index is 13.2. The van der Waals surface area contributed by atoms with Gasteiger partial charge in [0.25, 0.3) is 5.91 Å². The molecular weight excluding hydrogens is 340 g/mol. The Balaban J connectivity index is 2.08. The molecule has 0 saturated carbocycles. The van der Waals surface area contributed by atoms with Crippen LogP contribution in [0.2, 0.25) is 0 Å². The van der Waals surface area contributed by atoms with Crippen molar-refractivity contribution in [1.82, 2.24) is 10.2 Å². The summed E-state index contributed by atoms with van der Waals surface area (Å²) in [6.45, 7) is 7.85. The number of methoxy groups -OCH3 is 2. The summed E-state index contributed by atoms with van der Waals surface area (Å²) in [6, 6.07) is 3.18. The predicted octanol–water partition coefficient (Wildman–Crippen LogP) is 2.58. The van der Waals surface area contributed by atoms with Crippen molar-refractivity contribution in [2.45, 2.75) is 49.9 Å². The maximum Gasteiger partial charge on any atom is 0.260 e. The summed E-state index contributed by atoms with van der Waals surface area (Å²) >= 11 is 1.63. The quantitative estimate of drug-likeness (QED) is 0.889. The van der Waals surface area contributed by atoms with Crippen LogP contribution in [0.1, 0.15) is 49.0 Å². The van der Waals surface area contributed by atoms with Gasteiger partial charge in [-0.1, -0.05) is 6.07 Å². The second-order valence-corrected chi connectivity index (χ2v) is 8.85. The van der Waals surface area contributed by atoms with Gasteiger partial charge in [-0.2, -0.15) is 0 Å². The molecule has 1 aromatic rings. The molecular formula is C18H24N2O4S.